The Balaban J connectivity index is 2.15. The second-order valence-electron chi connectivity index (χ2n) is 4.28. The van der Waals surface area contributed by atoms with Gasteiger partial charge in [-0.05, 0) is 24.6 Å². The monoisotopic (exact) mass is 285 g/mol. The Kier molecular flexibility index (Phi) is 3.36. The maximum atomic E-state index is 5.94. The summed E-state index contributed by atoms with van der Waals surface area (Å²) < 4.78 is 0. The lowest BCUT2D eigenvalue weighted by Crippen LogP contribution is -1.82. The zero-order chi connectivity index (χ0) is 13.2. The first-order valence-electron chi connectivity index (χ1n) is 6.03. The van der Waals surface area contributed by atoms with Crippen molar-refractivity contribution >= 4 is 22.9 Å². The molecule has 3 heteroatoms. The van der Waals surface area contributed by atoms with E-state index in [1.54, 1.807) is 11.3 Å². The molecule has 0 N–H and O–H groups in total. The number of aryl methyl sites for hydroxylation is 1. The predicted octanol–water partition coefficient (Wildman–Crippen LogP) is 5.44. The van der Waals surface area contributed by atoms with Crippen LogP contribution in [0.2, 0.25) is 5.02 Å². The molecule has 0 saturated heterocycles. The number of benzene rings is 2. The first-order chi connectivity index (χ1) is 9.24. The van der Waals surface area contributed by atoms with Gasteiger partial charge in [0.15, 0.2) is 0 Å². The van der Waals surface area contributed by atoms with Gasteiger partial charge in [-0.3, -0.25) is 0 Å². The van der Waals surface area contributed by atoms with Gasteiger partial charge in [-0.2, -0.15) is 0 Å². The average molecular weight is 286 g/mol. The summed E-state index contributed by atoms with van der Waals surface area (Å²) in [5.74, 6) is 0. The van der Waals surface area contributed by atoms with E-state index in [-0.39, 0.29) is 0 Å². The van der Waals surface area contributed by atoms with Gasteiger partial charge in [0.1, 0.15) is 0 Å². The summed E-state index contributed by atoms with van der Waals surface area (Å²) in [7, 11) is 0. The third kappa shape index (κ3) is 2.55. The van der Waals surface area contributed by atoms with Crippen LogP contribution in [0.25, 0.3) is 21.7 Å². The van der Waals surface area contributed by atoms with Gasteiger partial charge in [-0.1, -0.05) is 54.1 Å². The van der Waals surface area contributed by atoms with E-state index in [0.717, 1.165) is 21.3 Å². The van der Waals surface area contributed by atoms with Gasteiger partial charge in [0, 0.05) is 10.6 Å². The molecule has 0 fully saturated rings. The molecule has 0 aliphatic heterocycles. The molecule has 0 bridgehead atoms. The van der Waals surface area contributed by atoms with Gasteiger partial charge in [-0.25, -0.2) is 4.98 Å². The van der Waals surface area contributed by atoms with Crippen LogP contribution in [0.4, 0.5) is 0 Å². The average Bonchev–Trinajstić information content (AvgIpc) is 2.83. The highest BCUT2D eigenvalue weighted by atomic mass is 35.5. The number of aromatic nitrogens is 1. The van der Waals surface area contributed by atoms with Crippen LogP contribution in [0.5, 0.6) is 0 Å². The number of thiazole rings is 1. The van der Waals surface area contributed by atoms with Crippen molar-refractivity contribution in [2.45, 2.75) is 6.92 Å². The Hall–Kier alpha value is -1.64. The molecule has 0 radical (unpaired) electrons. The fourth-order valence-corrected chi connectivity index (χ4v) is 3.09. The van der Waals surface area contributed by atoms with Crippen LogP contribution < -0.4 is 0 Å². The van der Waals surface area contributed by atoms with E-state index in [9.17, 15) is 0 Å². The SMILES string of the molecule is Cc1nc(-c2ccc(Cl)cc2)c(-c2ccccc2)s1. The standard InChI is InChI=1S/C16H12ClNS/c1-11-18-15(12-7-9-14(17)10-8-12)16(19-11)13-5-3-2-4-6-13/h2-10H,1H3. The molecule has 0 aliphatic carbocycles. The second-order valence-corrected chi connectivity index (χ2v) is 5.92. The summed E-state index contributed by atoms with van der Waals surface area (Å²) >= 11 is 7.67. The highest BCUT2D eigenvalue weighted by Gasteiger charge is 2.12. The number of rotatable bonds is 2. The summed E-state index contributed by atoms with van der Waals surface area (Å²) in [5, 5.41) is 1.82. The van der Waals surface area contributed by atoms with Crippen LogP contribution in [-0.2, 0) is 0 Å². The van der Waals surface area contributed by atoms with Crippen LogP contribution in [0.1, 0.15) is 5.01 Å². The summed E-state index contributed by atoms with van der Waals surface area (Å²) in [6, 6.07) is 18.2. The molecule has 1 heterocycles. The van der Waals surface area contributed by atoms with Gasteiger partial charge in [-0.15, -0.1) is 11.3 Å². The highest BCUT2D eigenvalue weighted by Crippen LogP contribution is 2.36. The maximum Gasteiger partial charge on any atom is 0.0908 e. The van der Waals surface area contributed by atoms with E-state index in [1.807, 2.05) is 37.3 Å². The molecular weight excluding hydrogens is 274 g/mol. The molecule has 2 aromatic carbocycles. The highest BCUT2D eigenvalue weighted by molar-refractivity contribution is 7.15. The van der Waals surface area contributed by atoms with Crippen LogP contribution >= 0.6 is 22.9 Å². The third-order valence-electron chi connectivity index (χ3n) is 2.89. The largest absolute Gasteiger partial charge is 0.241 e. The smallest absolute Gasteiger partial charge is 0.0908 e. The van der Waals surface area contributed by atoms with Crippen molar-refractivity contribution in [1.82, 2.24) is 4.98 Å². The summed E-state index contributed by atoms with van der Waals surface area (Å²) in [4.78, 5) is 5.87. The topological polar surface area (TPSA) is 12.9 Å². The van der Waals surface area contributed by atoms with Crippen LogP contribution in [0.15, 0.2) is 54.6 Å². The molecule has 0 amide bonds. The first-order valence-corrected chi connectivity index (χ1v) is 7.22. The fourth-order valence-electron chi connectivity index (χ4n) is 2.02. The molecule has 1 nitrogen and oxygen atoms in total. The van der Waals surface area contributed by atoms with Gasteiger partial charge in [0.05, 0.1) is 15.6 Å². The lowest BCUT2D eigenvalue weighted by Gasteiger charge is -2.02. The maximum absolute atomic E-state index is 5.94. The van der Waals surface area contributed by atoms with E-state index in [1.165, 1.54) is 10.4 Å². The zero-order valence-corrected chi connectivity index (χ0v) is 12.0. The van der Waals surface area contributed by atoms with E-state index < -0.39 is 0 Å². The summed E-state index contributed by atoms with van der Waals surface area (Å²) in [6.07, 6.45) is 0. The van der Waals surface area contributed by atoms with Gasteiger partial charge in [0.25, 0.3) is 0 Å². The Morgan fingerprint density at radius 2 is 1.58 bits per heavy atom. The first kappa shape index (κ1) is 12.4. The Morgan fingerprint density at radius 3 is 2.26 bits per heavy atom. The van der Waals surface area contributed by atoms with Crippen molar-refractivity contribution in [3.63, 3.8) is 0 Å². The minimum atomic E-state index is 0.747. The van der Waals surface area contributed by atoms with Gasteiger partial charge in [0.2, 0.25) is 0 Å². The van der Waals surface area contributed by atoms with Crippen molar-refractivity contribution in [3.05, 3.63) is 64.6 Å². The molecule has 0 aliphatic rings. The predicted molar refractivity (Wildman–Crippen MR) is 82.7 cm³/mol. The molecular formula is C16H12ClNS. The minimum Gasteiger partial charge on any atom is -0.241 e. The lowest BCUT2D eigenvalue weighted by atomic mass is 10.1. The number of hydrogen-bond donors (Lipinski definition) is 0. The second kappa shape index (κ2) is 5.16. The Bertz CT molecular complexity index is 687. The van der Waals surface area contributed by atoms with Crippen molar-refractivity contribution in [1.29, 1.82) is 0 Å². The van der Waals surface area contributed by atoms with E-state index in [2.05, 4.69) is 29.2 Å². The minimum absolute atomic E-state index is 0.747. The molecule has 0 atom stereocenters. The van der Waals surface area contributed by atoms with Gasteiger partial charge < -0.3 is 0 Å². The summed E-state index contributed by atoms with van der Waals surface area (Å²) in [6.45, 7) is 2.04. The zero-order valence-electron chi connectivity index (χ0n) is 10.4. The quantitative estimate of drug-likeness (QED) is 0.611. The van der Waals surface area contributed by atoms with Crippen LogP contribution in [-0.4, -0.2) is 4.98 Å². The number of nitrogens with zero attached hydrogens (tertiary/aromatic N) is 1. The van der Waals surface area contributed by atoms with E-state index in [0.29, 0.717) is 0 Å². The van der Waals surface area contributed by atoms with Crippen LogP contribution in [0.3, 0.4) is 0 Å². The molecule has 0 saturated carbocycles. The molecule has 19 heavy (non-hydrogen) atoms. The van der Waals surface area contributed by atoms with Crippen molar-refractivity contribution in [2.75, 3.05) is 0 Å². The van der Waals surface area contributed by atoms with Crippen molar-refractivity contribution in [2.24, 2.45) is 0 Å². The van der Waals surface area contributed by atoms with E-state index >= 15 is 0 Å². The van der Waals surface area contributed by atoms with Gasteiger partial charge >= 0.3 is 0 Å². The lowest BCUT2D eigenvalue weighted by molar-refractivity contribution is 1.30. The normalized spacial score (nSPS) is 10.6. The number of halogens is 1. The Labute approximate surface area is 121 Å². The molecule has 3 rings (SSSR count). The molecule has 1 aromatic heterocycles. The third-order valence-corrected chi connectivity index (χ3v) is 4.16. The summed E-state index contributed by atoms with van der Waals surface area (Å²) in [5.41, 5.74) is 3.34. The number of hydrogen-bond acceptors (Lipinski definition) is 2. The molecule has 0 spiro atoms. The molecule has 3 aromatic rings. The molecule has 94 valence electrons. The van der Waals surface area contributed by atoms with Crippen molar-refractivity contribution < 1.29 is 0 Å². The fraction of sp³-hybridized carbons (Fsp3) is 0.0625. The van der Waals surface area contributed by atoms with E-state index in [4.69, 9.17) is 11.6 Å². The Morgan fingerprint density at radius 1 is 0.895 bits per heavy atom. The van der Waals surface area contributed by atoms with Crippen LogP contribution in [0, 0.1) is 6.92 Å². The van der Waals surface area contributed by atoms with Crippen molar-refractivity contribution in [3.8, 4) is 21.7 Å². The molecule has 0 unspecified atom stereocenters.